The van der Waals surface area contributed by atoms with E-state index in [1.54, 1.807) is 6.08 Å². The van der Waals surface area contributed by atoms with Crippen LogP contribution in [0.4, 0.5) is 4.79 Å². The summed E-state index contributed by atoms with van der Waals surface area (Å²) in [6, 6.07) is 5.25. The Morgan fingerprint density at radius 2 is 1.16 bits per heavy atom. The van der Waals surface area contributed by atoms with E-state index in [1.165, 1.54) is 128 Å². The van der Waals surface area contributed by atoms with Crippen molar-refractivity contribution in [1.29, 1.82) is 0 Å². The number of nitrogens with zero attached hydrogens (tertiary/aromatic N) is 1. The van der Waals surface area contributed by atoms with Crippen LogP contribution in [-0.2, 0) is 6.54 Å². The Balaban J connectivity index is 1.90. The minimum absolute atomic E-state index is 0.287. The Labute approximate surface area is 271 Å². The van der Waals surface area contributed by atoms with Crippen LogP contribution >= 0.6 is 0 Å². The van der Waals surface area contributed by atoms with Crippen molar-refractivity contribution < 1.29 is 19.6 Å². The highest BCUT2D eigenvalue weighted by atomic mass is 16.3. The number of hydrogen-bond acceptors (Lipinski definition) is 3. The van der Waals surface area contributed by atoms with Gasteiger partial charge in [0.1, 0.15) is 6.54 Å². The van der Waals surface area contributed by atoms with Gasteiger partial charge in [-0.25, -0.2) is 9.36 Å². The molecule has 0 aliphatic heterocycles. The van der Waals surface area contributed by atoms with Crippen molar-refractivity contribution in [3.05, 3.63) is 42.7 Å². The lowest BCUT2D eigenvalue weighted by molar-refractivity contribution is -0.697. The molecule has 0 fully saturated rings. The number of amides is 2. The maximum Gasteiger partial charge on any atom is 0.315 e. The lowest BCUT2D eigenvalue weighted by Gasteiger charge is -2.20. The quantitative estimate of drug-likeness (QED) is 0.0382. The maximum absolute atomic E-state index is 12.2. The molecule has 0 bridgehead atoms. The number of hydrogen-bond donors (Lipinski definition) is 4. The third-order valence-corrected chi connectivity index (χ3v) is 8.64. The third-order valence-electron chi connectivity index (χ3n) is 8.64. The molecule has 0 radical (unpaired) electrons. The largest absolute Gasteiger partial charge is 0.394 e. The number of aromatic nitrogens is 1. The number of carbonyl (C=O) groups is 1. The van der Waals surface area contributed by atoms with Gasteiger partial charge in [-0.1, -0.05) is 147 Å². The molecule has 2 atom stereocenters. The summed E-state index contributed by atoms with van der Waals surface area (Å²) in [7, 11) is 0. The summed E-state index contributed by atoms with van der Waals surface area (Å²) in [6.45, 7) is 3.73. The SMILES string of the molecule is CCCCCCCCCCCCCCNC(=O)N[C@@H](CO)[C@@H](O)/C=C/CCCCCCCCCCCCC[n+]1ccccc1. The summed E-state index contributed by atoms with van der Waals surface area (Å²) in [6.07, 6.45) is 37.8. The molecule has 0 aliphatic rings. The van der Waals surface area contributed by atoms with Crippen LogP contribution < -0.4 is 15.2 Å². The Hall–Kier alpha value is -1.92. The van der Waals surface area contributed by atoms with Gasteiger partial charge in [0.25, 0.3) is 0 Å². The first-order valence-electron chi connectivity index (χ1n) is 18.6. The lowest BCUT2D eigenvalue weighted by Crippen LogP contribution is -2.49. The minimum Gasteiger partial charge on any atom is -0.394 e. The van der Waals surface area contributed by atoms with Gasteiger partial charge in [0.2, 0.25) is 0 Å². The topological polar surface area (TPSA) is 85.5 Å². The Morgan fingerprint density at radius 3 is 1.68 bits per heavy atom. The monoisotopic (exact) mass is 617 g/mol. The number of allylic oxidation sites excluding steroid dienone is 1. The summed E-state index contributed by atoms with van der Waals surface area (Å²) in [5.41, 5.74) is 0. The van der Waals surface area contributed by atoms with Crippen molar-refractivity contribution in [3.63, 3.8) is 0 Å². The van der Waals surface area contributed by atoms with E-state index in [1.807, 2.05) is 6.08 Å². The van der Waals surface area contributed by atoms with Crippen molar-refractivity contribution in [2.45, 2.75) is 180 Å². The molecule has 1 aromatic rings. The molecule has 0 spiro atoms. The number of rotatable bonds is 31. The minimum atomic E-state index is -0.880. The van der Waals surface area contributed by atoms with Crippen LogP contribution in [-0.4, -0.2) is 41.5 Å². The molecule has 6 nitrogen and oxygen atoms in total. The van der Waals surface area contributed by atoms with Crippen molar-refractivity contribution in [3.8, 4) is 0 Å². The molecule has 254 valence electrons. The van der Waals surface area contributed by atoms with Crippen LogP contribution in [0.15, 0.2) is 42.7 Å². The molecular formula is C38H70N3O3+. The number of urea groups is 1. The zero-order valence-corrected chi connectivity index (χ0v) is 28.5. The lowest BCUT2D eigenvalue weighted by atomic mass is 10.0. The fourth-order valence-corrected chi connectivity index (χ4v) is 5.73. The number of carbonyl (C=O) groups excluding carboxylic acids is 1. The molecule has 0 unspecified atom stereocenters. The van der Waals surface area contributed by atoms with E-state index < -0.39 is 12.1 Å². The summed E-state index contributed by atoms with van der Waals surface area (Å²) >= 11 is 0. The molecule has 0 saturated carbocycles. The highest BCUT2D eigenvalue weighted by Gasteiger charge is 2.17. The van der Waals surface area contributed by atoms with Crippen molar-refractivity contribution in [2.75, 3.05) is 13.2 Å². The zero-order valence-electron chi connectivity index (χ0n) is 28.5. The van der Waals surface area contributed by atoms with E-state index >= 15 is 0 Å². The highest BCUT2D eigenvalue weighted by Crippen LogP contribution is 2.13. The number of aliphatic hydroxyl groups excluding tert-OH is 2. The Bertz CT molecular complexity index is 774. The predicted molar refractivity (Wildman–Crippen MR) is 186 cm³/mol. The van der Waals surface area contributed by atoms with Gasteiger partial charge in [0.05, 0.1) is 18.8 Å². The molecule has 1 aromatic heterocycles. The summed E-state index contributed by atoms with van der Waals surface area (Å²) in [5, 5.41) is 25.6. The molecule has 0 aliphatic carbocycles. The van der Waals surface area contributed by atoms with Gasteiger partial charge in [-0.2, -0.15) is 0 Å². The van der Waals surface area contributed by atoms with E-state index in [-0.39, 0.29) is 12.6 Å². The summed E-state index contributed by atoms with van der Waals surface area (Å²) in [5.74, 6) is 0. The molecule has 4 N–H and O–H groups in total. The first-order valence-corrected chi connectivity index (χ1v) is 18.6. The summed E-state index contributed by atoms with van der Waals surface area (Å²) < 4.78 is 2.27. The van der Waals surface area contributed by atoms with Crippen LogP contribution in [0.1, 0.15) is 161 Å². The predicted octanol–water partition coefficient (Wildman–Crippen LogP) is 8.93. The van der Waals surface area contributed by atoms with Gasteiger partial charge in [0, 0.05) is 25.1 Å². The van der Waals surface area contributed by atoms with Crippen molar-refractivity contribution >= 4 is 6.03 Å². The molecule has 1 heterocycles. The van der Waals surface area contributed by atoms with Crippen molar-refractivity contribution in [1.82, 2.24) is 10.6 Å². The Morgan fingerprint density at radius 1 is 0.682 bits per heavy atom. The molecule has 44 heavy (non-hydrogen) atoms. The molecule has 1 rings (SSSR count). The van der Waals surface area contributed by atoms with E-state index in [4.69, 9.17) is 0 Å². The zero-order chi connectivity index (χ0) is 31.8. The van der Waals surface area contributed by atoms with Gasteiger partial charge < -0.3 is 20.8 Å². The van der Waals surface area contributed by atoms with Crippen LogP contribution in [0.5, 0.6) is 0 Å². The second-order valence-electron chi connectivity index (χ2n) is 12.8. The standard InChI is InChI=1S/C38H69N3O3/c1-2-3-4-5-6-7-8-13-16-19-22-26-31-39-38(44)40-36(35-42)37(43)30-25-21-18-15-12-10-9-11-14-17-20-23-27-32-41-33-28-24-29-34-41/h24-25,28-30,33-34,36-37,42-43H,2-23,26-27,31-32,35H2,1H3,(H-,39,40,44)/p+1/b30-25+/t36-,37-/m0/s1. The fourth-order valence-electron chi connectivity index (χ4n) is 5.73. The first kappa shape index (κ1) is 40.1. The third kappa shape index (κ3) is 25.4. The van der Waals surface area contributed by atoms with Crippen molar-refractivity contribution in [2.24, 2.45) is 0 Å². The van der Waals surface area contributed by atoms with Gasteiger partial charge in [-0.05, 0) is 25.7 Å². The fraction of sp³-hybridized carbons (Fsp3) is 0.789. The second-order valence-corrected chi connectivity index (χ2v) is 12.8. The molecule has 0 saturated heterocycles. The Kier molecular flexibility index (Phi) is 28.3. The van der Waals surface area contributed by atoms with Gasteiger partial charge >= 0.3 is 6.03 Å². The normalized spacial score (nSPS) is 12.9. The van der Waals surface area contributed by atoms with Crippen LogP contribution in [0.25, 0.3) is 0 Å². The molecular weight excluding hydrogens is 546 g/mol. The van der Waals surface area contributed by atoms with E-state index in [9.17, 15) is 15.0 Å². The van der Waals surface area contributed by atoms with Gasteiger partial charge in [-0.15, -0.1) is 0 Å². The van der Waals surface area contributed by atoms with Crippen LogP contribution in [0, 0.1) is 0 Å². The number of nitrogens with one attached hydrogen (secondary N) is 2. The molecule has 2 amide bonds. The van der Waals surface area contributed by atoms with E-state index in [0.717, 1.165) is 32.2 Å². The number of unbranched alkanes of at least 4 members (excludes halogenated alkanes) is 22. The smallest absolute Gasteiger partial charge is 0.315 e. The average Bonchev–Trinajstić information content (AvgIpc) is 3.04. The number of aryl methyl sites for hydroxylation is 1. The van der Waals surface area contributed by atoms with E-state index in [0.29, 0.717) is 6.54 Å². The highest BCUT2D eigenvalue weighted by molar-refractivity contribution is 5.74. The van der Waals surface area contributed by atoms with Crippen LogP contribution in [0.3, 0.4) is 0 Å². The number of aliphatic hydroxyl groups is 2. The maximum atomic E-state index is 12.2. The van der Waals surface area contributed by atoms with Gasteiger partial charge in [0.15, 0.2) is 12.4 Å². The van der Waals surface area contributed by atoms with Gasteiger partial charge in [-0.3, -0.25) is 0 Å². The van der Waals surface area contributed by atoms with E-state index in [2.05, 4.69) is 52.7 Å². The average molecular weight is 617 g/mol. The number of pyridine rings is 1. The second kappa shape index (κ2) is 31.1. The molecule has 6 heteroatoms. The molecule has 0 aromatic carbocycles. The summed E-state index contributed by atoms with van der Waals surface area (Å²) in [4.78, 5) is 12.2. The van der Waals surface area contributed by atoms with Crippen LogP contribution in [0.2, 0.25) is 0 Å². The first-order chi connectivity index (χ1) is 21.7.